The SMILES string of the molecule is Cc1noc2ncn(C(C)(C)C)c(=O)c12. The Hall–Kier alpha value is -1.65. The van der Waals surface area contributed by atoms with Gasteiger partial charge in [-0.1, -0.05) is 5.16 Å². The van der Waals surface area contributed by atoms with Gasteiger partial charge in [0.1, 0.15) is 11.7 Å². The van der Waals surface area contributed by atoms with Crippen LogP contribution in [-0.4, -0.2) is 14.7 Å². The minimum atomic E-state index is -0.290. The van der Waals surface area contributed by atoms with Crippen LogP contribution in [0.2, 0.25) is 0 Å². The van der Waals surface area contributed by atoms with Gasteiger partial charge in [-0.3, -0.25) is 9.36 Å². The predicted octanol–water partition coefficient (Wildman–Crippen LogP) is 1.45. The molecule has 0 fully saturated rings. The summed E-state index contributed by atoms with van der Waals surface area (Å²) in [5.74, 6) is 0. The first kappa shape index (κ1) is 9.89. The van der Waals surface area contributed by atoms with Gasteiger partial charge in [0.15, 0.2) is 0 Å². The summed E-state index contributed by atoms with van der Waals surface area (Å²) >= 11 is 0. The van der Waals surface area contributed by atoms with Crippen molar-refractivity contribution in [2.75, 3.05) is 0 Å². The van der Waals surface area contributed by atoms with Gasteiger partial charge >= 0.3 is 0 Å². The van der Waals surface area contributed by atoms with E-state index in [9.17, 15) is 4.79 Å². The molecule has 0 aromatic carbocycles. The maximum Gasteiger partial charge on any atom is 0.267 e. The molecule has 0 aliphatic carbocycles. The fraction of sp³-hybridized carbons (Fsp3) is 0.500. The Bertz CT molecular complexity index is 560. The van der Waals surface area contributed by atoms with Crippen LogP contribution in [0.5, 0.6) is 0 Å². The lowest BCUT2D eigenvalue weighted by Crippen LogP contribution is -2.33. The molecule has 2 rings (SSSR count). The van der Waals surface area contributed by atoms with Gasteiger partial charge in [0.2, 0.25) is 0 Å². The van der Waals surface area contributed by atoms with Crippen molar-refractivity contribution in [2.24, 2.45) is 0 Å². The highest BCUT2D eigenvalue weighted by atomic mass is 16.5. The van der Waals surface area contributed by atoms with E-state index in [4.69, 9.17) is 4.52 Å². The van der Waals surface area contributed by atoms with Crippen molar-refractivity contribution in [2.45, 2.75) is 33.2 Å². The molecule has 2 aromatic rings. The third kappa shape index (κ3) is 1.44. The molecule has 2 heterocycles. The predicted molar refractivity (Wildman–Crippen MR) is 55.8 cm³/mol. The number of aryl methyl sites for hydroxylation is 1. The minimum absolute atomic E-state index is 0.105. The number of hydrogen-bond acceptors (Lipinski definition) is 4. The highest BCUT2D eigenvalue weighted by molar-refractivity contribution is 5.73. The van der Waals surface area contributed by atoms with Crippen molar-refractivity contribution >= 4 is 11.1 Å². The molecule has 0 aliphatic heterocycles. The Balaban J connectivity index is 2.87. The molecule has 0 N–H and O–H groups in total. The van der Waals surface area contributed by atoms with Gasteiger partial charge in [-0.05, 0) is 27.7 Å². The number of aromatic nitrogens is 3. The maximum absolute atomic E-state index is 12.1. The fourth-order valence-corrected chi connectivity index (χ4v) is 1.45. The molecular formula is C10H13N3O2. The van der Waals surface area contributed by atoms with Crippen LogP contribution in [0.15, 0.2) is 15.6 Å². The third-order valence-corrected chi connectivity index (χ3v) is 2.29. The molecule has 2 aromatic heterocycles. The standard InChI is InChI=1S/C10H13N3O2/c1-6-7-8(15-12-6)11-5-13(9(7)14)10(2,3)4/h5H,1-4H3. The number of fused-ring (bicyclic) bond motifs is 1. The summed E-state index contributed by atoms with van der Waals surface area (Å²) in [7, 11) is 0. The fourth-order valence-electron chi connectivity index (χ4n) is 1.45. The zero-order valence-corrected chi connectivity index (χ0v) is 9.24. The van der Waals surface area contributed by atoms with Crippen molar-refractivity contribution < 1.29 is 4.52 Å². The van der Waals surface area contributed by atoms with E-state index >= 15 is 0 Å². The molecule has 0 radical (unpaired) electrons. The summed E-state index contributed by atoms with van der Waals surface area (Å²) in [6.07, 6.45) is 1.50. The van der Waals surface area contributed by atoms with Crippen molar-refractivity contribution in [3.05, 3.63) is 22.4 Å². The summed E-state index contributed by atoms with van der Waals surface area (Å²) in [5.41, 5.74) is 0.493. The molecular weight excluding hydrogens is 194 g/mol. The lowest BCUT2D eigenvalue weighted by molar-refractivity contribution is 0.379. The second kappa shape index (κ2) is 2.92. The van der Waals surface area contributed by atoms with E-state index in [-0.39, 0.29) is 11.1 Å². The van der Waals surface area contributed by atoms with Gasteiger partial charge in [0.05, 0.1) is 5.69 Å². The smallest absolute Gasteiger partial charge is 0.267 e. The summed E-state index contributed by atoms with van der Waals surface area (Å²) < 4.78 is 6.51. The molecule has 0 aliphatic rings. The summed E-state index contributed by atoms with van der Waals surface area (Å²) in [6.45, 7) is 7.59. The highest BCUT2D eigenvalue weighted by Crippen LogP contribution is 2.14. The molecule has 15 heavy (non-hydrogen) atoms. The average Bonchev–Trinajstić information content (AvgIpc) is 2.46. The van der Waals surface area contributed by atoms with Crippen LogP contribution in [0.3, 0.4) is 0 Å². The first-order chi connectivity index (χ1) is 6.91. The summed E-state index contributed by atoms with van der Waals surface area (Å²) in [4.78, 5) is 16.1. The molecule has 0 saturated heterocycles. The van der Waals surface area contributed by atoms with Crippen LogP contribution in [0.25, 0.3) is 11.1 Å². The highest BCUT2D eigenvalue weighted by Gasteiger charge is 2.19. The Labute approximate surface area is 86.7 Å². The van der Waals surface area contributed by atoms with E-state index in [2.05, 4.69) is 10.1 Å². The Morgan fingerprint density at radius 2 is 2.07 bits per heavy atom. The van der Waals surface area contributed by atoms with E-state index in [1.54, 1.807) is 11.5 Å². The van der Waals surface area contributed by atoms with Crippen LogP contribution < -0.4 is 5.56 Å². The second-order valence-electron chi connectivity index (χ2n) is 4.54. The van der Waals surface area contributed by atoms with Crippen molar-refractivity contribution in [3.63, 3.8) is 0 Å². The first-order valence-electron chi connectivity index (χ1n) is 4.75. The van der Waals surface area contributed by atoms with Gasteiger partial charge in [-0.25, -0.2) is 4.98 Å². The van der Waals surface area contributed by atoms with Gasteiger partial charge in [-0.2, -0.15) is 0 Å². The molecule has 5 nitrogen and oxygen atoms in total. The maximum atomic E-state index is 12.1. The van der Waals surface area contributed by atoms with Crippen LogP contribution in [-0.2, 0) is 5.54 Å². The van der Waals surface area contributed by atoms with E-state index in [0.717, 1.165) is 0 Å². The van der Waals surface area contributed by atoms with E-state index in [1.807, 2.05) is 20.8 Å². The van der Waals surface area contributed by atoms with Gasteiger partial charge in [0.25, 0.3) is 11.3 Å². The second-order valence-corrected chi connectivity index (χ2v) is 4.54. The third-order valence-electron chi connectivity index (χ3n) is 2.29. The normalized spacial score (nSPS) is 12.3. The lowest BCUT2D eigenvalue weighted by Gasteiger charge is -2.21. The van der Waals surface area contributed by atoms with Gasteiger partial charge in [-0.15, -0.1) is 0 Å². The molecule has 0 atom stereocenters. The zero-order valence-electron chi connectivity index (χ0n) is 9.24. The lowest BCUT2D eigenvalue weighted by atomic mass is 10.1. The van der Waals surface area contributed by atoms with Gasteiger partial charge in [0, 0.05) is 5.54 Å². The van der Waals surface area contributed by atoms with E-state index < -0.39 is 0 Å². The van der Waals surface area contributed by atoms with E-state index in [1.165, 1.54) is 6.33 Å². The largest absolute Gasteiger partial charge is 0.335 e. The molecule has 0 bridgehead atoms. The van der Waals surface area contributed by atoms with Gasteiger partial charge < -0.3 is 4.52 Å². The zero-order chi connectivity index (χ0) is 11.2. The Morgan fingerprint density at radius 3 is 2.67 bits per heavy atom. The Morgan fingerprint density at radius 1 is 1.40 bits per heavy atom. The van der Waals surface area contributed by atoms with Crippen LogP contribution in [0.4, 0.5) is 0 Å². The molecule has 0 spiro atoms. The molecule has 0 amide bonds. The summed E-state index contributed by atoms with van der Waals surface area (Å²) in [5, 5.41) is 4.19. The number of hydrogen-bond donors (Lipinski definition) is 0. The number of nitrogens with zero attached hydrogens (tertiary/aromatic N) is 3. The summed E-state index contributed by atoms with van der Waals surface area (Å²) in [6, 6.07) is 0. The average molecular weight is 207 g/mol. The van der Waals surface area contributed by atoms with Crippen molar-refractivity contribution in [1.29, 1.82) is 0 Å². The van der Waals surface area contributed by atoms with Crippen LogP contribution in [0.1, 0.15) is 26.5 Å². The quantitative estimate of drug-likeness (QED) is 0.656. The topological polar surface area (TPSA) is 60.9 Å². The monoisotopic (exact) mass is 207 g/mol. The molecule has 5 heteroatoms. The number of rotatable bonds is 0. The van der Waals surface area contributed by atoms with Crippen molar-refractivity contribution in [1.82, 2.24) is 14.7 Å². The molecule has 80 valence electrons. The Kier molecular flexibility index (Phi) is 1.92. The first-order valence-corrected chi connectivity index (χ1v) is 4.75. The van der Waals surface area contributed by atoms with Crippen LogP contribution in [0, 0.1) is 6.92 Å². The molecule has 0 saturated carbocycles. The van der Waals surface area contributed by atoms with E-state index in [0.29, 0.717) is 16.8 Å². The minimum Gasteiger partial charge on any atom is -0.335 e. The van der Waals surface area contributed by atoms with Crippen LogP contribution >= 0.6 is 0 Å². The van der Waals surface area contributed by atoms with Crippen molar-refractivity contribution in [3.8, 4) is 0 Å². The molecule has 0 unspecified atom stereocenters.